The summed E-state index contributed by atoms with van der Waals surface area (Å²) < 4.78 is 61.7. The van der Waals surface area contributed by atoms with Gasteiger partial charge in [-0.05, 0) is 44.4 Å². The summed E-state index contributed by atoms with van der Waals surface area (Å²) >= 11 is 5.71. The minimum atomic E-state index is -3.66. The summed E-state index contributed by atoms with van der Waals surface area (Å²) in [5.74, 6) is 0.565. The van der Waals surface area contributed by atoms with Gasteiger partial charge in [0.25, 0.3) is 10.2 Å². The Hall–Kier alpha value is -0.750. The smallest absolute Gasteiger partial charge is 0.282 e. The van der Waals surface area contributed by atoms with Gasteiger partial charge in [-0.2, -0.15) is 21.3 Å². The largest absolute Gasteiger partial charge is 0.373 e. The monoisotopic (exact) mass is 479 g/mol. The lowest BCUT2D eigenvalue weighted by atomic mass is 10.1. The zero-order valence-corrected chi connectivity index (χ0v) is 19.8. The van der Waals surface area contributed by atoms with Crippen LogP contribution in [0.4, 0.5) is 0 Å². The minimum Gasteiger partial charge on any atom is -0.373 e. The molecule has 2 atom stereocenters. The molecular weight excluding hydrogens is 450 g/mol. The second-order valence-corrected chi connectivity index (χ2v) is 12.1. The van der Waals surface area contributed by atoms with Gasteiger partial charge >= 0.3 is 0 Å². The second-order valence-electron chi connectivity index (χ2n) is 7.82. The van der Waals surface area contributed by atoms with Crippen molar-refractivity contribution < 1.29 is 21.6 Å². The van der Waals surface area contributed by atoms with E-state index in [4.69, 9.17) is 16.3 Å². The molecule has 11 heteroatoms. The average Bonchev–Trinajstić information content (AvgIpc) is 2.72. The maximum absolute atomic E-state index is 13.0. The molecule has 1 aromatic rings. The van der Waals surface area contributed by atoms with Crippen LogP contribution >= 0.6 is 11.6 Å². The topological polar surface area (TPSA) is 87.2 Å². The van der Waals surface area contributed by atoms with Crippen LogP contribution in [0.1, 0.15) is 25.8 Å². The number of ether oxygens (including phenoxy) is 1. The summed E-state index contributed by atoms with van der Waals surface area (Å²) in [5, 5.41) is 0. The molecule has 3 rings (SSSR count). The fourth-order valence-corrected chi connectivity index (χ4v) is 7.18. The highest BCUT2D eigenvalue weighted by molar-refractivity contribution is 7.89. The van der Waals surface area contributed by atoms with Gasteiger partial charge in [0.2, 0.25) is 10.0 Å². The molecule has 0 bridgehead atoms. The first-order valence-electron chi connectivity index (χ1n) is 10.2. The second kappa shape index (κ2) is 9.81. The number of rotatable bonds is 7. The molecule has 0 aliphatic carbocycles. The van der Waals surface area contributed by atoms with Crippen molar-refractivity contribution in [3.63, 3.8) is 0 Å². The molecule has 2 saturated heterocycles. The summed E-state index contributed by atoms with van der Waals surface area (Å²) in [6.07, 6.45) is 1.31. The van der Waals surface area contributed by atoms with Crippen LogP contribution in [0, 0.1) is 0 Å². The fraction of sp³-hybridized carbons (Fsp3) is 0.684. The van der Waals surface area contributed by atoms with Crippen LogP contribution in [0.3, 0.4) is 0 Å². The number of sulfonamides is 1. The first kappa shape index (κ1) is 23.9. The number of aryl methyl sites for hydroxylation is 1. The summed E-state index contributed by atoms with van der Waals surface area (Å²) in [4.78, 5) is 0.226. The van der Waals surface area contributed by atoms with Gasteiger partial charge in [0.1, 0.15) is 0 Å². The van der Waals surface area contributed by atoms with Gasteiger partial charge in [-0.3, -0.25) is 0 Å². The van der Waals surface area contributed by atoms with Gasteiger partial charge in [0.15, 0.2) is 0 Å². The van der Waals surface area contributed by atoms with E-state index in [-0.39, 0.29) is 43.3 Å². The molecule has 2 heterocycles. The van der Waals surface area contributed by atoms with E-state index in [0.29, 0.717) is 19.0 Å². The Morgan fingerprint density at radius 1 is 0.900 bits per heavy atom. The molecule has 170 valence electrons. The summed E-state index contributed by atoms with van der Waals surface area (Å²) in [5.41, 5.74) is 1.04. The molecule has 0 spiro atoms. The van der Waals surface area contributed by atoms with E-state index < -0.39 is 20.2 Å². The molecular formula is C19H30ClN3O5S2. The molecule has 0 radical (unpaired) electrons. The number of alkyl halides is 1. The lowest BCUT2D eigenvalue weighted by molar-refractivity contribution is -0.0456. The van der Waals surface area contributed by atoms with Crippen molar-refractivity contribution in [1.82, 2.24) is 12.9 Å². The third kappa shape index (κ3) is 5.35. The van der Waals surface area contributed by atoms with E-state index in [0.717, 1.165) is 18.4 Å². The Labute approximate surface area is 185 Å². The van der Waals surface area contributed by atoms with Gasteiger partial charge in [0, 0.05) is 45.1 Å². The number of halogens is 1. The quantitative estimate of drug-likeness (QED) is 0.553. The van der Waals surface area contributed by atoms with Crippen molar-refractivity contribution >= 4 is 31.8 Å². The average molecular weight is 480 g/mol. The van der Waals surface area contributed by atoms with Crippen LogP contribution in [0.2, 0.25) is 0 Å². The van der Waals surface area contributed by atoms with E-state index in [1.807, 2.05) is 13.8 Å². The molecule has 2 aliphatic rings. The Morgan fingerprint density at radius 3 is 1.97 bits per heavy atom. The van der Waals surface area contributed by atoms with Crippen LogP contribution in [0.15, 0.2) is 29.2 Å². The van der Waals surface area contributed by atoms with Crippen molar-refractivity contribution in [2.45, 2.75) is 43.8 Å². The van der Waals surface area contributed by atoms with E-state index in [2.05, 4.69) is 0 Å². The third-order valence-corrected chi connectivity index (χ3v) is 9.55. The number of hydrogen-bond acceptors (Lipinski definition) is 5. The molecule has 0 amide bonds. The standard InChI is InChI=1S/C19H30ClN3O5S2/c1-16-14-23(15-17(2)28-16)30(26,27)22-12-10-21(11-13-22)29(24,25)19-7-5-18(6-8-19)4-3-9-20/h5-8,16-17H,3-4,9-15H2,1-2H3. The third-order valence-electron chi connectivity index (χ3n) is 5.40. The summed E-state index contributed by atoms with van der Waals surface area (Å²) in [7, 11) is -7.30. The van der Waals surface area contributed by atoms with Crippen molar-refractivity contribution in [2.75, 3.05) is 45.1 Å². The summed E-state index contributed by atoms with van der Waals surface area (Å²) in [6.45, 7) is 4.84. The predicted molar refractivity (Wildman–Crippen MR) is 116 cm³/mol. The number of piperazine rings is 1. The van der Waals surface area contributed by atoms with Crippen molar-refractivity contribution in [3.05, 3.63) is 29.8 Å². The lowest BCUT2D eigenvalue weighted by Crippen LogP contribution is -2.57. The Balaban J connectivity index is 1.64. The van der Waals surface area contributed by atoms with E-state index in [1.54, 1.807) is 24.3 Å². The lowest BCUT2D eigenvalue weighted by Gasteiger charge is -2.39. The zero-order valence-electron chi connectivity index (χ0n) is 17.4. The SMILES string of the molecule is CC1CN(S(=O)(=O)N2CCN(S(=O)(=O)c3ccc(CCCCl)cc3)CC2)CC(C)O1. The van der Waals surface area contributed by atoms with Gasteiger partial charge in [-0.1, -0.05) is 12.1 Å². The van der Waals surface area contributed by atoms with Crippen LogP contribution in [0.5, 0.6) is 0 Å². The van der Waals surface area contributed by atoms with Gasteiger partial charge in [-0.25, -0.2) is 8.42 Å². The highest BCUT2D eigenvalue weighted by Crippen LogP contribution is 2.22. The first-order valence-corrected chi connectivity index (χ1v) is 13.6. The van der Waals surface area contributed by atoms with Crippen LogP contribution in [0.25, 0.3) is 0 Å². The van der Waals surface area contributed by atoms with Gasteiger partial charge in [-0.15, -0.1) is 11.6 Å². The number of nitrogens with zero attached hydrogens (tertiary/aromatic N) is 3. The molecule has 0 N–H and O–H groups in total. The van der Waals surface area contributed by atoms with Crippen LogP contribution < -0.4 is 0 Å². The molecule has 8 nitrogen and oxygen atoms in total. The molecule has 2 aliphatic heterocycles. The Bertz CT molecular complexity index is 906. The molecule has 0 aromatic heterocycles. The molecule has 1 aromatic carbocycles. The van der Waals surface area contributed by atoms with Gasteiger partial charge < -0.3 is 4.74 Å². The zero-order chi connectivity index (χ0) is 21.9. The maximum atomic E-state index is 13.0. The fourth-order valence-electron chi connectivity index (χ4n) is 3.87. The van der Waals surface area contributed by atoms with E-state index in [1.165, 1.54) is 12.9 Å². The maximum Gasteiger partial charge on any atom is 0.282 e. The Morgan fingerprint density at radius 2 is 1.43 bits per heavy atom. The van der Waals surface area contributed by atoms with Crippen molar-refractivity contribution in [3.8, 4) is 0 Å². The first-order chi connectivity index (χ1) is 14.1. The predicted octanol–water partition coefficient (Wildman–Crippen LogP) is 1.52. The molecule has 2 unspecified atom stereocenters. The number of hydrogen-bond donors (Lipinski definition) is 0. The van der Waals surface area contributed by atoms with E-state index in [9.17, 15) is 16.8 Å². The molecule has 2 fully saturated rings. The van der Waals surface area contributed by atoms with Crippen molar-refractivity contribution in [2.24, 2.45) is 0 Å². The molecule has 0 saturated carbocycles. The Kier molecular flexibility index (Phi) is 7.81. The van der Waals surface area contributed by atoms with Crippen LogP contribution in [-0.2, 0) is 31.4 Å². The molecule has 30 heavy (non-hydrogen) atoms. The van der Waals surface area contributed by atoms with Crippen LogP contribution in [-0.4, -0.2) is 87.1 Å². The summed E-state index contributed by atoms with van der Waals surface area (Å²) in [6, 6.07) is 6.83. The van der Waals surface area contributed by atoms with Crippen molar-refractivity contribution in [1.29, 1.82) is 0 Å². The highest BCUT2D eigenvalue weighted by atomic mass is 35.5. The van der Waals surface area contributed by atoms with E-state index >= 15 is 0 Å². The number of morpholine rings is 1. The highest BCUT2D eigenvalue weighted by Gasteiger charge is 2.38. The number of benzene rings is 1. The van der Waals surface area contributed by atoms with Gasteiger partial charge in [0.05, 0.1) is 17.1 Å². The minimum absolute atomic E-state index is 0.130. The normalized spacial score (nSPS) is 25.4.